The monoisotopic (exact) mass is 811 g/mol. The van der Waals surface area contributed by atoms with E-state index in [1.165, 1.54) is 47.6 Å². The van der Waals surface area contributed by atoms with Crippen LogP contribution in [0.5, 0.6) is 0 Å². The number of fused-ring (bicyclic) bond motifs is 3. The van der Waals surface area contributed by atoms with E-state index in [2.05, 4.69) is 136 Å². The van der Waals surface area contributed by atoms with Crippen LogP contribution in [0.2, 0.25) is 19.6 Å². The molecule has 5 heteroatoms. The zero-order chi connectivity index (χ0) is 31.6. The molecule has 0 unspecified atom stereocenters. The number of rotatable bonds is 5. The van der Waals surface area contributed by atoms with Crippen LogP contribution in [-0.4, -0.2) is 18.0 Å². The van der Waals surface area contributed by atoms with Crippen LogP contribution >= 0.6 is 11.3 Å². The van der Waals surface area contributed by atoms with Crippen LogP contribution in [0.1, 0.15) is 30.9 Å². The number of thiophene rings is 1. The molecule has 0 bridgehead atoms. The van der Waals surface area contributed by atoms with Crippen LogP contribution in [0.3, 0.4) is 0 Å². The van der Waals surface area contributed by atoms with Crippen LogP contribution in [0.15, 0.2) is 116 Å². The van der Waals surface area contributed by atoms with Gasteiger partial charge >= 0.3 is 0 Å². The summed E-state index contributed by atoms with van der Waals surface area (Å²) in [6.45, 7) is 13.6. The van der Waals surface area contributed by atoms with Gasteiger partial charge in [-0.1, -0.05) is 93.5 Å². The fourth-order valence-electron chi connectivity index (χ4n) is 5.54. The maximum Gasteiger partial charge on any atom is 0.0795 e. The summed E-state index contributed by atoms with van der Waals surface area (Å²) in [4.78, 5) is 9.22. The van der Waals surface area contributed by atoms with Crippen LogP contribution in [0, 0.1) is 19.1 Å². The predicted octanol–water partition coefficient (Wildman–Crippen LogP) is 11.1. The summed E-state index contributed by atoms with van der Waals surface area (Å²) in [6, 6.07) is 42.8. The minimum absolute atomic E-state index is 0. The first kappa shape index (κ1) is 33.6. The molecule has 0 spiro atoms. The molecule has 7 aromatic rings. The zero-order valence-electron chi connectivity index (χ0n) is 27.2. The van der Waals surface area contributed by atoms with Crippen molar-refractivity contribution in [3.05, 3.63) is 139 Å². The van der Waals surface area contributed by atoms with Crippen molar-refractivity contribution < 1.29 is 20.1 Å². The molecular weight excluding hydrogens is 773 g/mol. The average molecular weight is 811 g/mol. The van der Waals surface area contributed by atoms with E-state index in [4.69, 9.17) is 4.98 Å². The average Bonchev–Trinajstić information content (AvgIpc) is 3.43. The smallest absolute Gasteiger partial charge is 0.0795 e. The molecule has 46 heavy (non-hydrogen) atoms. The van der Waals surface area contributed by atoms with E-state index in [1.54, 1.807) is 0 Å². The Labute approximate surface area is 292 Å². The Morgan fingerprint density at radius 3 is 2.09 bits per heavy atom. The summed E-state index contributed by atoms with van der Waals surface area (Å²) in [7, 11) is -1.23. The SMILES string of the molecule is C[Si](C)(C)c1ccc(-c2[c-]cccc2)nc1.Cc1cnc(-c2[c-]cc3sc4ccc(-c5ccccc5)cc4c3c2)cc1C(C)C.[Ir]. The molecule has 4 aromatic carbocycles. The van der Waals surface area contributed by atoms with Gasteiger partial charge in [-0.25, -0.2) is 0 Å². The zero-order valence-corrected chi connectivity index (χ0v) is 31.4. The molecular formula is C41H38IrN2SSi-2. The van der Waals surface area contributed by atoms with E-state index in [1.807, 2.05) is 48.0 Å². The summed E-state index contributed by atoms with van der Waals surface area (Å²) in [5.74, 6) is 0.482. The fourth-order valence-corrected chi connectivity index (χ4v) is 7.62. The molecule has 2 nitrogen and oxygen atoms in total. The molecule has 0 aliphatic rings. The van der Waals surface area contributed by atoms with Crippen LogP contribution in [0.4, 0.5) is 0 Å². The second-order valence-corrected chi connectivity index (χ2v) is 19.0. The van der Waals surface area contributed by atoms with Gasteiger partial charge in [0.1, 0.15) is 0 Å². The minimum atomic E-state index is -1.23. The van der Waals surface area contributed by atoms with E-state index in [0.717, 1.165) is 22.5 Å². The Hall–Kier alpha value is -3.73. The largest absolute Gasteiger partial charge is 0.305 e. The Kier molecular flexibility index (Phi) is 10.5. The van der Waals surface area contributed by atoms with Gasteiger partial charge < -0.3 is 9.97 Å². The maximum absolute atomic E-state index is 4.70. The van der Waals surface area contributed by atoms with Gasteiger partial charge in [0, 0.05) is 37.2 Å². The molecule has 0 fully saturated rings. The quantitative estimate of drug-likeness (QED) is 0.128. The van der Waals surface area contributed by atoms with Crippen molar-refractivity contribution in [1.82, 2.24) is 9.97 Å². The van der Waals surface area contributed by atoms with Gasteiger partial charge in [-0.05, 0) is 73.9 Å². The van der Waals surface area contributed by atoms with Gasteiger partial charge in [-0.3, -0.25) is 0 Å². The number of benzene rings is 4. The summed E-state index contributed by atoms with van der Waals surface area (Å²) in [6.07, 6.45) is 4.00. The van der Waals surface area contributed by atoms with Gasteiger partial charge in [0.15, 0.2) is 0 Å². The van der Waals surface area contributed by atoms with Crippen molar-refractivity contribution in [2.75, 3.05) is 0 Å². The minimum Gasteiger partial charge on any atom is -0.305 e. The number of pyridine rings is 2. The van der Waals surface area contributed by atoms with Crippen LogP contribution in [-0.2, 0) is 20.1 Å². The number of aryl methyl sites for hydroxylation is 1. The molecule has 7 rings (SSSR count). The molecule has 1 radical (unpaired) electrons. The molecule has 3 heterocycles. The predicted molar refractivity (Wildman–Crippen MR) is 197 cm³/mol. The maximum atomic E-state index is 4.70. The Balaban J connectivity index is 0.000000209. The summed E-state index contributed by atoms with van der Waals surface area (Å²) >= 11 is 1.83. The van der Waals surface area contributed by atoms with Gasteiger partial charge in [0.05, 0.1) is 8.07 Å². The molecule has 0 N–H and O–H groups in total. The number of hydrogen-bond acceptors (Lipinski definition) is 3. The standard InChI is InChI=1S/C27H22NS.C14H16NSi.Ir/c1-17(2)22-15-25(28-16-18(22)3)21-10-12-27-24(14-21)23-13-20(9-11-26(23)29-27)19-7-5-4-6-8-19;1-16(2,3)13-9-10-14(15-11-13)12-7-5-4-6-8-12;/h4-9,11-17H,1-3H3;4-7,9-11H,1-3H3;/q2*-1;. The van der Waals surface area contributed by atoms with Gasteiger partial charge in [0.2, 0.25) is 0 Å². The second kappa shape index (κ2) is 14.4. The normalized spacial score (nSPS) is 11.3. The summed E-state index contributed by atoms with van der Waals surface area (Å²) in [5, 5.41) is 3.98. The van der Waals surface area contributed by atoms with Gasteiger partial charge in [-0.15, -0.1) is 59.7 Å². The number of hydrogen-bond donors (Lipinski definition) is 0. The first-order valence-electron chi connectivity index (χ1n) is 15.5. The fraction of sp³-hybridized carbons (Fsp3) is 0.171. The number of aromatic nitrogens is 2. The Morgan fingerprint density at radius 2 is 1.41 bits per heavy atom. The number of nitrogens with zero attached hydrogens (tertiary/aromatic N) is 2. The Morgan fingerprint density at radius 1 is 0.674 bits per heavy atom. The summed E-state index contributed by atoms with van der Waals surface area (Å²) in [5.41, 5.74) is 9.22. The molecule has 0 amide bonds. The first-order valence-corrected chi connectivity index (χ1v) is 19.8. The topological polar surface area (TPSA) is 25.8 Å². The van der Waals surface area contributed by atoms with E-state index in [9.17, 15) is 0 Å². The van der Waals surface area contributed by atoms with Crippen molar-refractivity contribution in [2.45, 2.75) is 46.3 Å². The van der Waals surface area contributed by atoms with E-state index >= 15 is 0 Å². The molecule has 0 atom stereocenters. The van der Waals surface area contributed by atoms with E-state index in [-0.39, 0.29) is 20.1 Å². The van der Waals surface area contributed by atoms with E-state index in [0.29, 0.717) is 5.92 Å². The molecule has 0 aliphatic carbocycles. The Bertz CT molecular complexity index is 2060. The van der Waals surface area contributed by atoms with Gasteiger partial charge in [0.25, 0.3) is 0 Å². The van der Waals surface area contributed by atoms with Crippen molar-refractivity contribution in [1.29, 1.82) is 0 Å². The molecule has 3 aromatic heterocycles. The van der Waals surface area contributed by atoms with E-state index < -0.39 is 8.07 Å². The van der Waals surface area contributed by atoms with Crippen molar-refractivity contribution >= 4 is 44.8 Å². The van der Waals surface area contributed by atoms with Crippen molar-refractivity contribution in [3.8, 4) is 33.6 Å². The molecule has 0 saturated heterocycles. The molecule has 233 valence electrons. The molecule has 0 aliphatic heterocycles. The third-order valence-corrected chi connectivity index (χ3v) is 11.3. The molecule has 0 saturated carbocycles. The first-order chi connectivity index (χ1) is 21.7. The second-order valence-electron chi connectivity index (χ2n) is 12.8. The summed E-state index contributed by atoms with van der Waals surface area (Å²) < 4.78 is 2.58. The third-order valence-electron chi connectivity index (χ3n) is 8.17. The van der Waals surface area contributed by atoms with Crippen LogP contribution < -0.4 is 5.19 Å². The van der Waals surface area contributed by atoms with Crippen LogP contribution in [0.25, 0.3) is 53.8 Å². The third kappa shape index (κ3) is 7.45. The van der Waals surface area contributed by atoms with Gasteiger partial charge in [-0.2, -0.15) is 11.3 Å². The van der Waals surface area contributed by atoms with Crippen molar-refractivity contribution in [3.63, 3.8) is 0 Å². The van der Waals surface area contributed by atoms with Crippen molar-refractivity contribution in [2.24, 2.45) is 0 Å².